The van der Waals surface area contributed by atoms with Crippen molar-refractivity contribution in [1.82, 2.24) is 0 Å². The highest BCUT2D eigenvalue weighted by atomic mass is 16.3. The Labute approximate surface area is 125 Å². The molecular weight excluding hydrogens is 256 g/mol. The zero-order valence-electron chi connectivity index (χ0n) is 11.8. The Bertz CT molecular complexity index is 665. The van der Waals surface area contributed by atoms with Crippen LogP contribution >= 0.6 is 0 Å². The molecule has 0 spiro atoms. The lowest BCUT2D eigenvalue weighted by Crippen LogP contribution is -2.21. The summed E-state index contributed by atoms with van der Waals surface area (Å²) in [5, 5.41) is 10.0. The number of fused-ring (bicyclic) bond motifs is 2. The Morgan fingerprint density at radius 3 is 1.71 bits per heavy atom. The largest absolute Gasteiger partial charge is 0.396 e. The van der Waals surface area contributed by atoms with Crippen molar-refractivity contribution in [3.05, 3.63) is 82.9 Å². The van der Waals surface area contributed by atoms with Gasteiger partial charge in [-0.05, 0) is 22.3 Å². The van der Waals surface area contributed by atoms with Gasteiger partial charge in [0.15, 0.2) is 0 Å². The third-order valence-corrected chi connectivity index (χ3v) is 4.81. The third-order valence-electron chi connectivity index (χ3n) is 4.81. The summed E-state index contributed by atoms with van der Waals surface area (Å²) in [5.74, 6) is 0.795. The molecule has 1 N–H and O–H groups in total. The molecule has 0 saturated carbocycles. The van der Waals surface area contributed by atoms with Crippen molar-refractivity contribution in [3.8, 4) is 0 Å². The molecule has 2 unspecified atom stereocenters. The minimum atomic E-state index is 0.199. The zero-order chi connectivity index (χ0) is 14.2. The molecule has 0 amide bonds. The molecule has 4 rings (SSSR count). The Kier molecular flexibility index (Phi) is 3.01. The first-order valence-corrected chi connectivity index (χ1v) is 7.53. The van der Waals surface area contributed by atoms with E-state index in [0.717, 1.165) is 0 Å². The van der Waals surface area contributed by atoms with Crippen LogP contribution in [0.25, 0.3) is 12.2 Å². The van der Waals surface area contributed by atoms with Crippen LogP contribution in [0.3, 0.4) is 0 Å². The lowest BCUT2D eigenvalue weighted by Gasteiger charge is -2.27. The summed E-state index contributed by atoms with van der Waals surface area (Å²) in [6, 6.07) is 17.0. The highest BCUT2D eigenvalue weighted by Crippen LogP contribution is 2.45. The maximum Gasteiger partial charge on any atom is 0.0477 e. The highest BCUT2D eigenvalue weighted by Gasteiger charge is 2.33. The van der Waals surface area contributed by atoms with Crippen LogP contribution in [0, 0.1) is 5.92 Å². The fourth-order valence-electron chi connectivity index (χ4n) is 3.75. The van der Waals surface area contributed by atoms with Crippen LogP contribution in [0.4, 0.5) is 0 Å². The van der Waals surface area contributed by atoms with Crippen molar-refractivity contribution < 1.29 is 5.11 Å². The van der Waals surface area contributed by atoms with E-state index in [0.29, 0.717) is 11.8 Å². The van der Waals surface area contributed by atoms with Crippen molar-refractivity contribution >= 4 is 12.2 Å². The van der Waals surface area contributed by atoms with Gasteiger partial charge in [0, 0.05) is 24.4 Å². The molecule has 2 atom stereocenters. The molecule has 2 aromatic rings. The summed E-state index contributed by atoms with van der Waals surface area (Å²) in [7, 11) is 0. The molecule has 2 aromatic carbocycles. The number of rotatable bonds is 3. The number of hydrogen-bond donors (Lipinski definition) is 1. The van der Waals surface area contributed by atoms with E-state index >= 15 is 0 Å². The molecular formula is C20H18O. The maximum absolute atomic E-state index is 10.0. The molecule has 21 heavy (non-hydrogen) atoms. The summed E-state index contributed by atoms with van der Waals surface area (Å²) < 4.78 is 0. The van der Waals surface area contributed by atoms with E-state index in [-0.39, 0.29) is 12.5 Å². The fraction of sp³-hybridized carbons (Fsp3) is 0.200. The van der Waals surface area contributed by atoms with Gasteiger partial charge in [0.05, 0.1) is 0 Å². The Hall–Kier alpha value is -2.12. The summed E-state index contributed by atoms with van der Waals surface area (Å²) in [5.41, 5.74) is 5.26. The second kappa shape index (κ2) is 5.01. The van der Waals surface area contributed by atoms with Crippen molar-refractivity contribution in [2.75, 3.05) is 6.61 Å². The van der Waals surface area contributed by atoms with Gasteiger partial charge in [-0.25, -0.2) is 0 Å². The van der Waals surface area contributed by atoms with Crippen molar-refractivity contribution in [1.29, 1.82) is 0 Å². The molecule has 104 valence electrons. The number of benzene rings is 2. The summed E-state index contributed by atoms with van der Waals surface area (Å²) >= 11 is 0. The molecule has 0 saturated heterocycles. The summed E-state index contributed by atoms with van der Waals surface area (Å²) in [6.07, 6.45) is 8.88. The summed E-state index contributed by atoms with van der Waals surface area (Å²) in [6.45, 7) is 0.201. The molecule has 2 aliphatic rings. The standard InChI is InChI=1S/C20H18O/c21-13-20(18-11-9-14-5-1-3-7-16(14)18)19-12-10-15-6-2-4-8-17(15)19/h1-12,18-21H,13H2. The van der Waals surface area contributed by atoms with Gasteiger partial charge in [0.25, 0.3) is 0 Å². The van der Waals surface area contributed by atoms with Gasteiger partial charge in [0.2, 0.25) is 0 Å². The monoisotopic (exact) mass is 274 g/mol. The molecule has 1 nitrogen and oxygen atoms in total. The fourth-order valence-corrected chi connectivity index (χ4v) is 3.75. The van der Waals surface area contributed by atoms with Crippen LogP contribution in [0.1, 0.15) is 34.1 Å². The van der Waals surface area contributed by atoms with Crippen LogP contribution in [0.2, 0.25) is 0 Å². The minimum absolute atomic E-state index is 0.199. The minimum Gasteiger partial charge on any atom is -0.396 e. The zero-order valence-corrected chi connectivity index (χ0v) is 11.8. The second-order valence-electron chi connectivity index (χ2n) is 5.87. The molecule has 0 aromatic heterocycles. The SMILES string of the molecule is OCC(C1C=Cc2ccccc21)C1C=Cc2ccccc21. The van der Waals surface area contributed by atoms with Gasteiger partial charge < -0.3 is 5.11 Å². The van der Waals surface area contributed by atoms with Crippen LogP contribution in [0.15, 0.2) is 60.7 Å². The third kappa shape index (κ3) is 1.97. The molecule has 0 heterocycles. The maximum atomic E-state index is 10.0. The average molecular weight is 274 g/mol. The van der Waals surface area contributed by atoms with E-state index < -0.39 is 0 Å². The lowest BCUT2D eigenvalue weighted by atomic mass is 9.77. The van der Waals surface area contributed by atoms with E-state index in [1.165, 1.54) is 22.3 Å². The normalized spacial score (nSPS) is 23.1. The Morgan fingerprint density at radius 1 is 0.762 bits per heavy atom. The van der Waals surface area contributed by atoms with Crippen LogP contribution in [-0.4, -0.2) is 11.7 Å². The Morgan fingerprint density at radius 2 is 1.24 bits per heavy atom. The smallest absolute Gasteiger partial charge is 0.0477 e. The number of aliphatic hydroxyl groups is 1. The van der Waals surface area contributed by atoms with E-state index in [1.54, 1.807) is 0 Å². The molecule has 0 fully saturated rings. The van der Waals surface area contributed by atoms with E-state index in [1.807, 2.05) is 0 Å². The quantitative estimate of drug-likeness (QED) is 0.888. The topological polar surface area (TPSA) is 20.2 Å². The van der Waals surface area contributed by atoms with Gasteiger partial charge in [-0.15, -0.1) is 0 Å². The number of aliphatic hydroxyl groups excluding tert-OH is 1. The highest BCUT2D eigenvalue weighted by molar-refractivity contribution is 5.65. The first-order chi connectivity index (χ1) is 10.4. The van der Waals surface area contributed by atoms with E-state index in [4.69, 9.17) is 0 Å². The predicted octanol–water partition coefficient (Wildman–Crippen LogP) is 4.22. The van der Waals surface area contributed by atoms with Crippen molar-refractivity contribution in [2.24, 2.45) is 5.92 Å². The number of allylic oxidation sites excluding steroid dienone is 2. The van der Waals surface area contributed by atoms with Crippen LogP contribution < -0.4 is 0 Å². The van der Waals surface area contributed by atoms with Gasteiger partial charge in [-0.1, -0.05) is 72.8 Å². The summed E-state index contributed by atoms with van der Waals surface area (Å²) in [4.78, 5) is 0. The molecule has 0 radical (unpaired) electrons. The first kappa shape index (κ1) is 12.6. The van der Waals surface area contributed by atoms with E-state index in [9.17, 15) is 5.11 Å². The Balaban J connectivity index is 1.72. The molecule has 0 aliphatic heterocycles. The molecule has 2 aliphatic carbocycles. The number of hydrogen-bond acceptors (Lipinski definition) is 1. The molecule has 1 heteroatoms. The van der Waals surface area contributed by atoms with Crippen LogP contribution in [0.5, 0.6) is 0 Å². The van der Waals surface area contributed by atoms with Crippen LogP contribution in [-0.2, 0) is 0 Å². The molecule has 0 bridgehead atoms. The second-order valence-corrected chi connectivity index (χ2v) is 5.87. The van der Waals surface area contributed by atoms with Gasteiger partial charge in [0.1, 0.15) is 0 Å². The van der Waals surface area contributed by atoms with Gasteiger partial charge in [-0.3, -0.25) is 0 Å². The van der Waals surface area contributed by atoms with Gasteiger partial charge >= 0.3 is 0 Å². The lowest BCUT2D eigenvalue weighted by molar-refractivity contribution is 0.204. The van der Waals surface area contributed by atoms with Crippen molar-refractivity contribution in [3.63, 3.8) is 0 Å². The van der Waals surface area contributed by atoms with Crippen molar-refractivity contribution in [2.45, 2.75) is 11.8 Å². The van der Waals surface area contributed by atoms with Gasteiger partial charge in [-0.2, -0.15) is 0 Å². The van der Waals surface area contributed by atoms with E-state index in [2.05, 4.69) is 72.8 Å². The average Bonchev–Trinajstić information content (AvgIpc) is 3.14. The first-order valence-electron chi connectivity index (χ1n) is 7.53. The predicted molar refractivity (Wildman–Crippen MR) is 87.0 cm³/mol.